The summed E-state index contributed by atoms with van der Waals surface area (Å²) in [6, 6.07) is 7.24. The lowest BCUT2D eigenvalue weighted by Gasteiger charge is -2.17. The van der Waals surface area contributed by atoms with Gasteiger partial charge in [-0.3, -0.25) is 0 Å². The van der Waals surface area contributed by atoms with Crippen LogP contribution in [0.5, 0.6) is 5.75 Å². The van der Waals surface area contributed by atoms with Crippen LogP contribution in [0.3, 0.4) is 0 Å². The monoisotopic (exact) mass is 374 g/mol. The second-order valence-corrected chi connectivity index (χ2v) is 5.38. The van der Waals surface area contributed by atoms with Crippen molar-refractivity contribution in [1.82, 2.24) is 10.6 Å². The van der Waals surface area contributed by atoms with Crippen LogP contribution < -0.4 is 15.4 Å². The summed E-state index contributed by atoms with van der Waals surface area (Å²) < 4.78 is 67.1. The van der Waals surface area contributed by atoms with Gasteiger partial charge in [0.05, 0.1) is 6.04 Å². The SMILES string of the molecule is CC(NC(=O)NCc1ccccc1OC(F)(F)F)c1ccc(F)c(F)c1. The molecule has 2 aromatic rings. The van der Waals surface area contributed by atoms with Gasteiger partial charge in [0.1, 0.15) is 5.75 Å². The van der Waals surface area contributed by atoms with Crippen LogP contribution >= 0.6 is 0 Å². The highest BCUT2D eigenvalue weighted by Gasteiger charge is 2.32. The maximum absolute atomic E-state index is 13.2. The first-order chi connectivity index (χ1) is 12.2. The minimum Gasteiger partial charge on any atom is -0.405 e. The largest absolute Gasteiger partial charge is 0.573 e. The zero-order chi connectivity index (χ0) is 19.3. The van der Waals surface area contributed by atoms with Gasteiger partial charge in [0.2, 0.25) is 0 Å². The lowest BCUT2D eigenvalue weighted by molar-refractivity contribution is -0.274. The third-order valence-electron chi connectivity index (χ3n) is 3.43. The van der Waals surface area contributed by atoms with Crippen LogP contribution in [0, 0.1) is 11.6 Å². The van der Waals surface area contributed by atoms with Gasteiger partial charge in [0.25, 0.3) is 0 Å². The lowest BCUT2D eigenvalue weighted by atomic mass is 10.1. The molecule has 2 N–H and O–H groups in total. The molecule has 4 nitrogen and oxygen atoms in total. The molecule has 0 fully saturated rings. The molecule has 2 amide bonds. The molecule has 0 aliphatic heterocycles. The predicted molar refractivity (Wildman–Crippen MR) is 83.3 cm³/mol. The molecule has 0 spiro atoms. The number of hydrogen-bond donors (Lipinski definition) is 2. The highest BCUT2D eigenvalue weighted by Crippen LogP contribution is 2.26. The highest BCUT2D eigenvalue weighted by atomic mass is 19.4. The van der Waals surface area contributed by atoms with Gasteiger partial charge in [-0.1, -0.05) is 24.3 Å². The van der Waals surface area contributed by atoms with Gasteiger partial charge >= 0.3 is 12.4 Å². The normalized spacial score (nSPS) is 12.4. The van der Waals surface area contributed by atoms with Gasteiger partial charge in [0.15, 0.2) is 11.6 Å². The topological polar surface area (TPSA) is 50.4 Å². The van der Waals surface area contributed by atoms with Crippen LogP contribution in [0.1, 0.15) is 24.1 Å². The minimum atomic E-state index is -4.85. The fourth-order valence-corrected chi connectivity index (χ4v) is 2.16. The fourth-order valence-electron chi connectivity index (χ4n) is 2.16. The van der Waals surface area contributed by atoms with E-state index in [0.717, 1.165) is 18.2 Å². The van der Waals surface area contributed by atoms with E-state index in [1.54, 1.807) is 6.92 Å². The number of urea groups is 1. The number of para-hydroxylation sites is 1. The molecule has 0 saturated carbocycles. The second kappa shape index (κ2) is 8.03. The lowest BCUT2D eigenvalue weighted by Crippen LogP contribution is -2.36. The van der Waals surface area contributed by atoms with Crippen molar-refractivity contribution in [2.24, 2.45) is 0 Å². The van der Waals surface area contributed by atoms with Crippen LogP contribution in [-0.2, 0) is 6.54 Å². The Morgan fingerprint density at radius 2 is 1.81 bits per heavy atom. The number of ether oxygens (including phenoxy) is 1. The maximum atomic E-state index is 13.2. The van der Waals surface area contributed by atoms with Gasteiger partial charge in [-0.2, -0.15) is 0 Å². The first-order valence-corrected chi connectivity index (χ1v) is 7.48. The van der Waals surface area contributed by atoms with Crippen molar-refractivity contribution in [2.45, 2.75) is 25.9 Å². The molecular weight excluding hydrogens is 359 g/mol. The summed E-state index contributed by atoms with van der Waals surface area (Å²) in [6.07, 6.45) is -4.85. The summed E-state index contributed by atoms with van der Waals surface area (Å²) in [7, 11) is 0. The number of nitrogens with one attached hydrogen (secondary N) is 2. The van der Waals surface area contributed by atoms with Crippen LogP contribution in [0.4, 0.5) is 26.7 Å². The first-order valence-electron chi connectivity index (χ1n) is 7.48. The van der Waals surface area contributed by atoms with E-state index in [-0.39, 0.29) is 12.1 Å². The fraction of sp³-hybridized carbons (Fsp3) is 0.235. The average molecular weight is 374 g/mol. The van der Waals surface area contributed by atoms with Gasteiger partial charge in [0, 0.05) is 12.1 Å². The molecule has 0 saturated heterocycles. The second-order valence-electron chi connectivity index (χ2n) is 5.38. The number of rotatable bonds is 5. The Labute approximate surface area is 146 Å². The van der Waals surface area contributed by atoms with E-state index in [0.29, 0.717) is 5.56 Å². The Kier molecular flexibility index (Phi) is 6.01. The number of halogens is 5. The summed E-state index contributed by atoms with van der Waals surface area (Å²) in [4.78, 5) is 11.9. The van der Waals surface area contributed by atoms with E-state index in [1.165, 1.54) is 24.3 Å². The van der Waals surface area contributed by atoms with E-state index in [2.05, 4.69) is 15.4 Å². The van der Waals surface area contributed by atoms with E-state index in [9.17, 15) is 26.7 Å². The van der Waals surface area contributed by atoms with Crippen LogP contribution in [0.25, 0.3) is 0 Å². The smallest absolute Gasteiger partial charge is 0.405 e. The van der Waals surface area contributed by atoms with Crippen molar-refractivity contribution in [3.8, 4) is 5.75 Å². The van der Waals surface area contributed by atoms with Crippen LogP contribution in [0.15, 0.2) is 42.5 Å². The number of carbonyl (C=O) groups excluding carboxylic acids is 1. The molecule has 0 bridgehead atoms. The average Bonchev–Trinajstić information content (AvgIpc) is 2.55. The van der Waals surface area contributed by atoms with Crippen molar-refractivity contribution in [3.63, 3.8) is 0 Å². The zero-order valence-electron chi connectivity index (χ0n) is 13.5. The third-order valence-corrected chi connectivity index (χ3v) is 3.43. The summed E-state index contributed by atoms with van der Waals surface area (Å²) >= 11 is 0. The standard InChI is InChI=1S/C17H15F5N2O2/c1-10(11-6-7-13(18)14(19)8-11)24-16(25)23-9-12-4-2-3-5-15(12)26-17(20,21)22/h2-8,10H,9H2,1H3,(H2,23,24,25). The molecule has 0 aliphatic carbocycles. The molecule has 26 heavy (non-hydrogen) atoms. The molecule has 1 atom stereocenters. The Hall–Kier alpha value is -2.84. The molecule has 140 valence electrons. The van der Waals surface area contributed by atoms with Gasteiger partial charge in [-0.15, -0.1) is 13.2 Å². The van der Waals surface area contributed by atoms with Crippen LogP contribution in [-0.4, -0.2) is 12.4 Å². The van der Waals surface area contributed by atoms with Crippen molar-refractivity contribution in [1.29, 1.82) is 0 Å². The number of benzene rings is 2. The molecule has 0 aromatic heterocycles. The first kappa shape index (κ1) is 19.5. The summed E-state index contributed by atoms with van der Waals surface area (Å²) in [5.41, 5.74) is 0.459. The number of alkyl halides is 3. The van der Waals surface area contributed by atoms with E-state index < -0.39 is 35.8 Å². The Morgan fingerprint density at radius 1 is 1.12 bits per heavy atom. The van der Waals surface area contributed by atoms with Crippen molar-refractivity contribution >= 4 is 6.03 Å². The van der Waals surface area contributed by atoms with Crippen LogP contribution in [0.2, 0.25) is 0 Å². The highest BCUT2D eigenvalue weighted by molar-refractivity contribution is 5.74. The van der Waals surface area contributed by atoms with E-state index in [1.807, 2.05) is 0 Å². The Bertz CT molecular complexity index is 780. The molecule has 0 heterocycles. The maximum Gasteiger partial charge on any atom is 0.573 e. The van der Waals surface area contributed by atoms with Crippen molar-refractivity contribution in [2.75, 3.05) is 0 Å². The predicted octanol–water partition coefficient (Wildman–Crippen LogP) is 4.42. The number of hydrogen-bond acceptors (Lipinski definition) is 2. The summed E-state index contributed by atoms with van der Waals surface area (Å²) in [6.45, 7) is 1.33. The quantitative estimate of drug-likeness (QED) is 0.761. The molecule has 0 aliphatic rings. The Morgan fingerprint density at radius 3 is 2.46 bits per heavy atom. The zero-order valence-corrected chi connectivity index (χ0v) is 13.5. The molecule has 1 unspecified atom stereocenters. The molecule has 2 rings (SSSR count). The van der Waals surface area contributed by atoms with E-state index >= 15 is 0 Å². The summed E-state index contributed by atoms with van der Waals surface area (Å²) in [5, 5.41) is 4.87. The van der Waals surface area contributed by atoms with Crippen molar-refractivity contribution in [3.05, 3.63) is 65.2 Å². The van der Waals surface area contributed by atoms with Crippen molar-refractivity contribution < 1.29 is 31.5 Å². The van der Waals surface area contributed by atoms with Gasteiger partial charge in [-0.05, 0) is 30.7 Å². The molecule has 2 aromatic carbocycles. The number of amides is 2. The molecule has 9 heteroatoms. The molecule has 0 radical (unpaired) electrons. The Balaban J connectivity index is 1.95. The minimum absolute atomic E-state index is 0.125. The third kappa shape index (κ3) is 5.61. The van der Waals surface area contributed by atoms with Gasteiger partial charge < -0.3 is 15.4 Å². The summed E-state index contributed by atoms with van der Waals surface area (Å²) in [5.74, 6) is -2.48. The molecular formula is C17H15F5N2O2. The number of carbonyl (C=O) groups is 1. The van der Waals surface area contributed by atoms with E-state index in [4.69, 9.17) is 0 Å². The van der Waals surface area contributed by atoms with Gasteiger partial charge in [-0.25, -0.2) is 13.6 Å².